The van der Waals surface area contributed by atoms with Crippen LogP contribution in [0.3, 0.4) is 0 Å². The molecule has 0 aliphatic carbocycles. The molecular formula is C24H16N2O. The molecule has 0 radical (unpaired) electrons. The topological polar surface area (TPSA) is 31.0 Å². The van der Waals surface area contributed by atoms with Crippen LogP contribution in [0.2, 0.25) is 0 Å². The Bertz CT molecular complexity index is 1430. The summed E-state index contributed by atoms with van der Waals surface area (Å²) in [4.78, 5) is 4.36. The molecule has 0 saturated carbocycles. The molecule has 128 valence electrons. The van der Waals surface area contributed by atoms with Crippen molar-refractivity contribution >= 4 is 43.7 Å². The van der Waals surface area contributed by atoms with Gasteiger partial charge in [0.2, 0.25) is 0 Å². The van der Waals surface area contributed by atoms with Gasteiger partial charge >= 0.3 is 0 Å². The molecule has 6 rings (SSSR count). The van der Waals surface area contributed by atoms with E-state index in [0.717, 1.165) is 33.3 Å². The molecule has 0 fully saturated rings. The van der Waals surface area contributed by atoms with Crippen molar-refractivity contribution < 1.29 is 4.42 Å². The van der Waals surface area contributed by atoms with Crippen molar-refractivity contribution in [1.29, 1.82) is 0 Å². The maximum atomic E-state index is 6.06. The Morgan fingerprint density at radius 2 is 1.44 bits per heavy atom. The van der Waals surface area contributed by atoms with E-state index in [9.17, 15) is 0 Å². The van der Waals surface area contributed by atoms with Gasteiger partial charge in [-0.2, -0.15) is 0 Å². The Labute approximate surface area is 155 Å². The molecule has 27 heavy (non-hydrogen) atoms. The van der Waals surface area contributed by atoms with Crippen LogP contribution in [0.4, 0.5) is 0 Å². The standard InChI is InChI=1S/C24H16N2O/c1-15-24-19(12-13-25-15)20-14-16(10-11-23(20)27-24)26-21-8-4-2-6-17(21)18-7-3-5-9-22(18)26/h2-14H,1H3. The zero-order valence-electron chi connectivity index (χ0n) is 14.8. The molecular weight excluding hydrogens is 332 g/mol. The summed E-state index contributed by atoms with van der Waals surface area (Å²) >= 11 is 0. The van der Waals surface area contributed by atoms with Gasteiger partial charge < -0.3 is 8.98 Å². The highest BCUT2D eigenvalue weighted by atomic mass is 16.3. The lowest BCUT2D eigenvalue weighted by molar-refractivity contribution is 0.662. The van der Waals surface area contributed by atoms with Crippen molar-refractivity contribution in [2.45, 2.75) is 6.92 Å². The number of hydrogen-bond donors (Lipinski definition) is 0. The van der Waals surface area contributed by atoms with Crippen LogP contribution in [0, 0.1) is 6.92 Å². The van der Waals surface area contributed by atoms with Gasteiger partial charge in [0.05, 0.1) is 16.7 Å². The van der Waals surface area contributed by atoms with Gasteiger partial charge in [-0.1, -0.05) is 36.4 Å². The quantitative estimate of drug-likeness (QED) is 0.345. The molecule has 0 bridgehead atoms. The molecule has 0 saturated heterocycles. The number of para-hydroxylation sites is 2. The lowest BCUT2D eigenvalue weighted by atomic mass is 10.1. The second-order valence-corrected chi connectivity index (χ2v) is 6.93. The van der Waals surface area contributed by atoms with Crippen LogP contribution >= 0.6 is 0 Å². The zero-order chi connectivity index (χ0) is 18.0. The van der Waals surface area contributed by atoms with Crippen LogP contribution < -0.4 is 0 Å². The highest BCUT2D eigenvalue weighted by Gasteiger charge is 2.14. The smallest absolute Gasteiger partial charge is 0.156 e. The molecule has 0 aliphatic rings. The summed E-state index contributed by atoms with van der Waals surface area (Å²) in [6.45, 7) is 1.98. The zero-order valence-corrected chi connectivity index (χ0v) is 14.8. The number of pyridine rings is 1. The molecule has 3 heterocycles. The maximum absolute atomic E-state index is 6.06. The van der Waals surface area contributed by atoms with Gasteiger partial charge in [-0.15, -0.1) is 0 Å². The number of nitrogens with zero attached hydrogens (tertiary/aromatic N) is 2. The average Bonchev–Trinajstić information content (AvgIpc) is 3.24. The van der Waals surface area contributed by atoms with Crippen LogP contribution in [0.25, 0.3) is 49.4 Å². The van der Waals surface area contributed by atoms with Crippen molar-refractivity contribution in [3.63, 3.8) is 0 Å². The first-order valence-electron chi connectivity index (χ1n) is 9.08. The van der Waals surface area contributed by atoms with Crippen LogP contribution in [0.1, 0.15) is 5.69 Å². The predicted molar refractivity (Wildman–Crippen MR) is 111 cm³/mol. The Morgan fingerprint density at radius 3 is 2.19 bits per heavy atom. The molecule has 3 aromatic carbocycles. The van der Waals surface area contributed by atoms with Gasteiger partial charge in [0.15, 0.2) is 5.58 Å². The molecule has 0 atom stereocenters. The minimum Gasteiger partial charge on any atom is -0.454 e. The Kier molecular flexibility index (Phi) is 2.81. The Morgan fingerprint density at radius 1 is 0.741 bits per heavy atom. The normalized spacial score (nSPS) is 11.9. The van der Waals surface area contributed by atoms with Gasteiger partial charge in [-0.3, -0.25) is 4.98 Å². The van der Waals surface area contributed by atoms with E-state index in [4.69, 9.17) is 4.42 Å². The number of benzene rings is 3. The molecule has 0 spiro atoms. The van der Waals surface area contributed by atoms with E-state index in [1.54, 1.807) is 0 Å². The van der Waals surface area contributed by atoms with E-state index in [1.165, 1.54) is 21.8 Å². The first kappa shape index (κ1) is 14.6. The molecule has 0 aliphatic heterocycles. The van der Waals surface area contributed by atoms with Crippen LogP contribution in [-0.2, 0) is 0 Å². The second-order valence-electron chi connectivity index (χ2n) is 6.93. The lowest BCUT2D eigenvalue weighted by Gasteiger charge is -2.07. The van der Waals surface area contributed by atoms with E-state index in [0.29, 0.717) is 0 Å². The number of hydrogen-bond acceptors (Lipinski definition) is 2. The van der Waals surface area contributed by atoms with Crippen molar-refractivity contribution in [1.82, 2.24) is 9.55 Å². The van der Waals surface area contributed by atoms with Gasteiger partial charge in [-0.05, 0) is 43.3 Å². The van der Waals surface area contributed by atoms with E-state index < -0.39 is 0 Å². The van der Waals surface area contributed by atoms with Crippen molar-refractivity contribution in [2.75, 3.05) is 0 Å². The third-order valence-corrected chi connectivity index (χ3v) is 5.39. The van der Waals surface area contributed by atoms with E-state index >= 15 is 0 Å². The van der Waals surface area contributed by atoms with Crippen molar-refractivity contribution in [3.8, 4) is 5.69 Å². The number of fused-ring (bicyclic) bond motifs is 6. The molecule has 3 aromatic heterocycles. The molecule has 0 N–H and O–H groups in total. The third kappa shape index (κ3) is 1.94. The number of aromatic nitrogens is 2. The fourth-order valence-electron chi connectivity index (χ4n) is 4.16. The number of rotatable bonds is 1. The Balaban J connectivity index is 1.75. The summed E-state index contributed by atoms with van der Waals surface area (Å²) in [5.41, 5.74) is 6.24. The highest BCUT2D eigenvalue weighted by molar-refractivity contribution is 6.10. The minimum absolute atomic E-state index is 0.867. The molecule has 0 amide bonds. The monoisotopic (exact) mass is 348 g/mol. The summed E-state index contributed by atoms with van der Waals surface area (Å²) in [6.07, 6.45) is 1.85. The third-order valence-electron chi connectivity index (χ3n) is 5.39. The van der Waals surface area contributed by atoms with Gasteiger partial charge in [-0.25, -0.2) is 0 Å². The van der Waals surface area contributed by atoms with Gasteiger partial charge in [0, 0.05) is 33.4 Å². The number of aryl methyl sites for hydroxylation is 1. The second kappa shape index (κ2) is 5.21. The largest absolute Gasteiger partial charge is 0.454 e. The van der Waals surface area contributed by atoms with E-state index in [2.05, 4.69) is 76.3 Å². The lowest BCUT2D eigenvalue weighted by Crippen LogP contribution is -1.93. The first-order valence-corrected chi connectivity index (χ1v) is 9.08. The average molecular weight is 348 g/mol. The fraction of sp³-hybridized carbons (Fsp3) is 0.0417. The summed E-state index contributed by atoms with van der Waals surface area (Å²) in [5, 5.41) is 4.77. The van der Waals surface area contributed by atoms with Gasteiger partial charge in [0.1, 0.15) is 5.58 Å². The van der Waals surface area contributed by atoms with Crippen LogP contribution in [-0.4, -0.2) is 9.55 Å². The van der Waals surface area contributed by atoms with Crippen molar-refractivity contribution in [3.05, 3.63) is 84.7 Å². The van der Waals surface area contributed by atoms with E-state index in [1.807, 2.05) is 19.2 Å². The molecule has 0 unspecified atom stereocenters. The van der Waals surface area contributed by atoms with Crippen molar-refractivity contribution in [2.24, 2.45) is 0 Å². The highest BCUT2D eigenvalue weighted by Crippen LogP contribution is 2.35. The summed E-state index contributed by atoms with van der Waals surface area (Å²) in [6, 6.07) is 25.6. The molecule has 6 aromatic rings. The van der Waals surface area contributed by atoms with E-state index in [-0.39, 0.29) is 0 Å². The molecule has 3 nitrogen and oxygen atoms in total. The van der Waals surface area contributed by atoms with Gasteiger partial charge in [0.25, 0.3) is 0 Å². The molecule has 3 heteroatoms. The first-order chi connectivity index (χ1) is 13.3. The number of furan rings is 1. The maximum Gasteiger partial charge on any atom is 0.156 e. The Hall–Kier alpha value is -3.59. The SMILES string of the molecule is Cc1nccc2c1oc1ccc(-n3c4ccccc4c4ccccc43)cc12. The minimum atomic E-state index is 0.867. The summed E-state index contributed by atoms with van der Waals surface area (Å²) in [5.74, 6) is 0. The van der Waals surface area contributed by atoms with Crippen LogP contribution in [0.15, 0.2) is 83.4 Å². The predicted octanol–water partition coefficient (Wildman–Crippen LogP) is 6.39. The summed E-state index contributed by atoms with van der Waals surface area (Å²) < 4.78 is 8.39. The summed E-state index contributed by atoms with van der Waals surface area (Å²) in [7, 11) is 0. The fourth-order valence-corrected chi connectivity index (χ4v) is 4.16. The van der Waals surface area contributed by atoms with Crippen LogP contribution in [0.5, 0.6) is 0 Å².